The summed E-state index contributed by atoms with van der Waals surface area (Å²) in [6, 6.07) is 12.0. The Labute approximate surface area is 163 Å². The molecule has 27 heavy (non-hydrogen) atoms. The van der Waals surface area contributed by atoms with Gasteiger partial charge in [0.1, 0.15) is 0 Å². The van der Waals surface area contributed by atoms with Crippen LogP contribution in [-0.2, 0) is 10.0 Å². The van der Waals surface area contributed by atoms with Crippen molar-refractivity contribution in [2.45, 2.75) is 56.5 Å². The molecule has 0 unspecified atom stereocenters. The van der Waals surface area contributed by atoms with Crippen LogP contribution < -0.4 is 5.32 Å². The van der Waals surface area contributed by atoms with Crippen LogP contribution in [0.1, 0.15) is 50.0 Å². The Morgan fingerprint density at radius 1 is 1.15 bits per heavy atom. The molecule has 5 nitrogen and oxygen atoms in total. The van der Waals surface area contributed by atoms with Gasteiger partial charge >= 0.3 is 0 Å². The van der Waals surface area contributed by atoms with Gasteiger partial charge in [0.15, 0.2) is 0 Å². The molecular formula is C21H32N2O3S. The number of hydrogen-bond acceptors (Lipinski definition) is 4. The van der Waals surface area contributed by atoms with Crippen molar-refractivity contribution >= 4 is 10.0 Å². The molecule has 1 aromatic carbocycles. The summed E-state index contributed by atoms with van der Waals surface area (Å²) in [5.74, 6) is 1.20. The molecule has 0 radical (unpaired) electrons. The molecule has 0 spiro atoms. The number of nitrogens with zero attached hydrogens (tertiary/aromatic N) is 1. The van der Waals surface area contributed by atoms with E-state index >= 15 is 0 Å². The summed E-state index contributed by atoms with van der Waals surface area (Å²) in [4.78, 5) is 0. The molecule has 2 aliphatic carbocycles. The summed E-state index contributed by atoms with van der Waals surface area (Å²) >= 11 is 0. The molecule has 6 heteroatoms. The first kappa shape index (κ1) is 19.4. The van der Waals surface area contributed by atoms with Gasteiger partial charge in [-0.2, -0.15) is 0 Å². The van der Waals surface area contributed by atoms with E-state index in [0.717, 1.165) is 32.1 Å². The Hall–Kier alpha value is -0.950. The largest absolute Gasteiger partial charge is 0.396 e. The molecule has 1 heterocycles. The highest BCUT2D eigenvalue weighted by molar-refractivity contribution is 7.88. The molecule has 2 atom stereocenters. The molecule has 0 amide bonds. The van der Waals surface area contributed by atoms with Gasteiger partial charge in [0.05, 0.1) is 6.26 Å². The molecule has 1 aromatic rings. The van der Waals surface area contributed by atoms with Gasteiger partial charge in [-0.15, -0.1) is 0 Å². The molecule has 2 N–H and O–H groups in total. The van der Waals surface area contributed by atoms with Gasteiger partial charge in [-0.25, -0.2) is 12.7 Å². The summed E-state index contributed by atoms with van der Waals surface area (Å²) in [6.07, 6.45) is 7.84. The van der Waals surface area contributed by atoms with Crippen molar-refractivity contribution in [2.24, 2.45) is 11.3 Å². The van der Waals surface area contributed by atoms with E-state index in [1.54, 1.807) is 4.31 Å². The van der Waals surface area contributed by atoms with Crippen molar-refractivity contribution in [3.8, 4) is 0 Å². The van der Waals surface area contributed by atoms with Crippen LogP contribution in [0.2, 0.25) is 0 Å². The van der Waals surface area contributed by atoms with E-state index in [2.05, 4.69) is 35.6 Å². The van der Waals surface area contributed by atoms with Crippen molar-refractivity contribution in [1.29, 1.82) is 0 Å². The van der Waals surface area contributed by atoms with Crippen molar-refractivity contribution in [2.75, 3.05) is 26.0 Å². The molecule has 4 rings (SSSR count). The molecule has 1 saturated heterocycles. The maximum Gasteiger partial charge on any atom is 0.211 e. The van der Waals surface area contributed by atoms with Crippen LogP contribution in [0.4, 0.5) is 0 Å². The van der Waals surface area contributed by atoms with Crippen molar-refractivity contribution in [3.63, 3.8) is 0 Å². The van der Waals surface area contributed by atoms with Crippen LogP contribution in [-0.4, -0.2) is 55.9 Å². The summed E-state index contributed by atoms with van der Waals surface area (Å²) in [5.41, 5.74) is 1.44. The predicted octanol–water partition coefficient (Wildman–Crippen LogP) is 2.33. The first-order chi connectivity index (χ1) is 12.9. The number of hydrogen-bond donors (Lipinski definition) is 2. The second kappa shape index (κ2) is 7.47. The highest BCUT2D eigenvalue weighted by atomic mass is 32.2. The minimum absolute atomic E-state index is 0.00501. The summed E-state index contributed by atoms with van der Waals surface area (Å²) in [5, 5.41) is 13.4. The average molecular weight is 393 g/mol. The molecule has 150 valence electrons. The van der Waals surface area contributed by atoms with Crippen LogP contribution in [0.25, 0.3) is 0 Å². The molecule has 3 aliphatic rings. The van der Waals surface area contributed by atoms with Crippen LogP contribution in [0.15, 0.2) is 30.3 Å². The maximum atomic E-state index is 11.8. The first-order valence-corrected chi connectivity index (χ1v) is 12.1. The van der Waals surface area contributed by atoms with Gasteiger partial charge in [-0.3, -0.25) is 0 Å². The molecule has 2 saturated carbocycles. The fourth-order valence-corrected chi connectivity index (χ4v) is 6.34. The van der Waals surface area contributed by atoms with Gasteiger partial charge in [-0.05, 0) is 50.0 Å². The third-order valence-corrected chi connectivity index (χ3v) is 8.32. The standard InChI is InChI=1S/C21H32N2O3S/c1-27(25,26)23-14-21(15-23,11-12-24)17-7-9-18(10-8-17)22-20-13-19(20)16-5-3-2-4-6-16/h2-6,17-20,22,24H,7-15H2,1H3/t17?,18?,19-,20+/m0/s1. The Morgan fingerprint density at radius 2 is 1.81 bits per heavy atom. The number of benzene rings is 1. The van der Waals surface area contributed by atoms with E-state index in [1.807, 2.05) is 0 Å². The summed E-state index contributed by atoms with van der Waals surface area (Å²) in [6.45, 7) is 1.33. The van der Waals surface area contributed by atoms with Crippen molar-refractivity contribution < 1.29 is 13.5 Å². The lowest BCUT2D eigenvalue weighted by molar-refractivity contribution is -0.0316. The highest BCUT2D eigenvalue weighted by Crippen LogP contribution is 2.49. The molecule has 0 bridgehead atoms. The lowest BCUT2D eigenvalue weighted by atomic mass is 9.63. The lowest BCUT2D eigenvalue weighted by Gasteiger charge is -2.54. The molecular weight excluding hydrogens is 360 g/mol. The zero-order valence-corrected chi connectivity index (χ0v) is 17.0. The monoisotopic (exact) mass is 392 g/mol. The van der Waals surface area contributed by atoms with Gasteiger partial charge in [-0.1, -0.05) is 30.3 Å². The number of aliphatic hydroxyl groups is 1. The third-order valence-electron chi connectivity index (χ3n) is 7.12. The predicted molar refractivity (Wildman–Crippen MR) is 107 cm³/mol. The fraction of sp³-hybridized carbons (Fsp3) is 0.714. The fourth-order valence-electron chi connectivity index (χ4n) is 5.36. The number of rotatable bonds is 7. The zero-order chi connectivity index (χ0) is 19.1. The van der Waals surface area contributed by atoms with E-state index in [9.17, 15) is 13.5 Å². The molecule has 3 fully saturated rings. The van der Waals surface area contributed by atoms with Crippen LogP contribution >= 0.6 is 0 Å². The number of aliphatic hydroxyl groups excluding tert-OH is 1. The highest BCUT2D eigenvalue weighted by Gasteiger charge is 2.51. The smallest absolute Gasteiger partial charge is 0.211 e. The number of nitrogens with one attached hydrogen (secondary N) is 1. The van der Waals surface area contributed by atoms with E-state index in [-0.39, 0.29) is 12.0 Å². The Kier molecular flexibility index (Phi) is 5.36. The van der Waals surface area contributed by atoms with E-state index in [4.69, 9.17) is 0 Å². The second-order valence-electron chi connectivity index (χ2n) is 8.94. The Bertz CT molecular complexity index is 738. The first-order valence-electron chi connectivity index (χ1n) is 10.3. The molecule has 1 aliphatic heterocycles. The topological polar surface area (TPSA) is 69.6 Å². The zero-order valence-electron chi connectivity index (χ0n) is 16.2. The van der Waals surface area contributed by atoms with Gasteiger partial charge < -0.3 is 10.4 Å². The van der Waals surface area contributed by atoms with Crippen LogP contribution in [0.5, 0.6) is 0 Å². The summed E-state index contributed by atoms with van der Waals surface area (Å²) < 4.78 is 25.1. The van der Waals surface area contributed by atoms with Gasteiger partial charge in [0, 0.05) is 43.1 Å². The quantitative estimate of drug-likeness (QED) is 0.747. The van der Waals surface area contributed by atoms with Crippen LogP contribution in [0, 0.1) is 11.3 Å². The van der Waals surface area contributed by atoms with Gasteiger partial charge in [0.25, 0.3) is 0 Å². The maximum absolute atomic E-state index is 11.8. The van der Waals surface area contributed by atoms with E-state index in [1.165, 1.54) is 18.2 Å². The third kappa shape index (κ3) is 4.09. The van der Waals surface area contributed by atoms with E-state index < -0.39 is 10.0 Å². The SMILES string of the molecule is CS(=O)(=O)N1CC(CCO)(C2CCC(N[C@@H]3C[C@H]3c3ccccc3)CC2)C1. The Morgan fingerprint density at radius 3 is 2.41 bits per heavy atom. The lowest BCUT2D eigenvalue weighted by Crippen LogP contribution is -2.62. The average Bonchev–Trinajstić information content (AvgIpc) is 3.37. The summed E-state index contributed by atoms with van der Waals surface area (Å²) in [7, 11) is -3.11. The van der Waals surface area contributed by atoms with Crippen molar-refractivity contribution in [3.05, 3.63) is 35.9 Å². The van der Waals surface area contributed by atoms with E-state index in [0.29, 0.717) is 37.0 Å². The van der Waals surface area contributed by atoms with Gasteiger partial charge in [0.2, 0.25) is 10.0 Å². The van der Waals surface area contributed by atoms with Crippen LogP contribution in [0.3, 0.4) is 0 Å². The normalized spacial score (nSPS) is 33.4. The number of sulfonamides is 1. The minimum atomic E-state index is -3.11. The van der Waals surface area contributed by atoms with Crippen molar-refractivity contribution in [1.82, 2.24) is 9.62 Å². The Balaban J connectivity index is 1.27. The molecule has 0 aromatic heterocycles. The second-order valence-corrected chi connectivity index (χ2v) is 10.9. The minimum Gasteiger partial charge on any atom is -0.396 e.